The molecule has 5 nitrogen and oxygen atoms in total. The summed E-state index contributed by atoms with van der Waals surface area (Å²) in [5.41, 5.74) is 1.56. The molecule has 1 N–H and O–H groups in total. The number of amides is 2. The van der Waals surface area contributed by atoms with Crippen molar-refractivity contribution >= 4 is 23.4 Å². The largest absolute Gasteiger partial charge is 0.349 e. The Bertz CT molecular complexity index is 759. The molecule has 26 heavy (non-hydrogen) atoms. The maximum Gasteiger partial charge on any atom is 0.253 e. The van der Waals surface area contributed by atoms with E-state index in [1.807, 2.05) is 29.2 Å². The van der Waals surface area contributed by atoms with Gasteiger partial charge >= 0.3 is 0 Å². The monoisotopic (exact) mass is 371 g/mol. The van der Waals surface area contributed by atoms with Gasteiger partial charge in [-0.05, 0) is 43.0 Å². The normalized spacial score (nSPS) is 14.9. The number of benzene rings is 1. The Morgan fingerprint density at radius 1 is 1.15 bits per heavy atom. The summed E-state index contributed by atoms with van der Waals surface area (Å²) >= 11 is 6.14. The van der Waals surface area contributed by atoms with E-state index in [4.69, 9.17) is 11.6 Å². The first-order chi connectivity index (χ1) is 12.6. The summed E-state index contributed by atoms with van der Waals surface area (Å²) in [6.07, 6.45) is 5.84. The first-order valence-corrected chi connectivity index (χ1v) is 9.23. The zero-order valence-electron chi connectivity index (χ0n) is 14.5. The summed E-state index contributed by atoms with van der Waals surface area (Å²) in [4.78, 5) is 30.4. The van der Waals surface area contributed by atoms with Crippen LogP contribution in [0.2, 0.25) is 5.02 Å². The quantitative estimate of drug-likeness (QED) is 0.878. The number of halogens is 1. The fourth-order valence-corrected chi connectivity index (χ4v) is 3.37. The van der Waals surface area contributed by atoms with Gasteiger partial charge in [0.1, 0.15) is 0 Å². The lowest BCUT2D eigenvalue weighted by atomic mass is 10.0. The first-order valence-electron chi connectivity index (χ1n) is 8.85. The molecule has 0 atom stereocenters. The van der Waals surface area contributed by atoms with Gasteiger partial charge in [0.2, 0.25) is 5.91 Å². The molecule has 2 aromatic rings. The zero-order chi connectivity index (χ0) is 18.4. The van der Waals surface area contributed by atoms with E-state index in [1.54, 1.807) is 24.5 Å². The molecule has 6 heteroatoms. The number of likely N-dealkylation sites (tertiary alicyclic amines) is 1. The Morgan fingerprint density at radius 3 is 2.62 bits per heavy atom. The van der Waals surface area contributed by atoms with Gasteiger partial charge in [-0.15, -0.1) is 0 Å². The molecule has 1 aliphatic heterocycles. The van der Waals surface area contributed by atoms with E-state index in [9.17, 15) is 9.59 Å². The van der Waals surface area contributed by atoms with E-state index in [0.29, 0.717) is 36.5 Å². The number of carbonyl (C=O) groups excluding carboxylic acids is 2. The Balaban J connectivity index is 1.44. The smallest absolute Gasteiger partial charge is 0.253 e. The van der Waals surface area contributed by atoms with Crippen LogP contribution >= 0.6 is 11.6 Å². The Morgan fingerprint density at radius 2 is 1.92 bits per heavy atom. The molecule has 0 saturated carbocycles. The number of piperidine rings is 1. The molecule has 1 fully saturated rings. The van der Waals surface area contributed by atoms with Crippen LogP contribution in [0.3, 0.4) is 0 Å². The van der Waals surface area contributed by atoms with Crippen LogP contribution in [0.4, 0.5) is 0 Å². The van der Waals surface area contributed by atoms with Gasteiger partial charge < -0.3 is 10.2 Å². The van der Waals surface area contributed by atoms with Gasteiger partial charge in [-0.1, -0.05) is 29.8 Å². The number of hydrogen-bond donors (Lipinski definition) is 1. The highest BCUT2D eigenvalue weighted by Gasteiger charge is 2.24. The van der Waals surface area contributed by atoms with Crippen LogP contribution < -0.4 is 5.32 Å². The average Bonchev–Trinajstić information content (AvgIpc) is 2.68. The maximum atomic E-state index is 12.4. The predicted molar refractivity (Wildman–Crippen MR) is 101 cm³/mol. The van der Waals surface area contributed by atoms with Crippen LogP contribution in [0.15, 0.2) is 48.8 Å². The van der Waals surface area contributed by atoms with Crippen molar-refractivity contribution in [2.45, 2.75) is 31.7 Å². The SMILES string of the molecule is O=C(NC1CCN(C(=O)CCc2ccccc2Cl)CC1)c1cccnc1. The molecule has 3 rings (SSSR count). The molecule has 0 radical (unpaired) electrons. The Kier molecular flexibility index (Phi) is 6.23. The second-order valence-corrected chi connectivity index (χ2v) is 6.87. The standard InChI is InChI=1S/C20H22ClN3O2/c21-18-6-2-1-4-15(18)7-8-19(25)24-12-9-17(10-13-24)23-20(26)16-5-3-11-22-14-16/h1-6,11,14,17H,7-10,12-13H2,(H,23,26). The maximum absolute atomic E-state index is 12.4. The summed E-state index contributed by atoms with van der Waals surface area (Å²) < 4.78 is 0. The summed E-state index contributed by atoms with van der Waals surface area (Å²) in [5, 5.41) is 3.73. The Labute approximate surface area is 158 Å². The summed E-state index contributed by atoms with van der Waals surface area (Å²) in [6.45, 7) is 1.33. The van der Waals surface area contributed by atoms with E-state index in [1.165, 1.54) is 0 Å². The van der Waals surface area contributed by atoms with Crippen molar-refractivity contribution in [1.82, 2.24) is 15.2 Å². The number of carbonyl (C=O) groups is 2. The summed E-state index contributed by atoms with van der Waals surface area (Å²) in [6, 6.07) is 11.2. The fraction of sp³-hybridized carbons (Fsp3) is 0.350. The number of aromatic nitrogens is 1. The first kappa shape index (κ1) is 18.4. The van der Waals surface area contributed by atoms with Gasteiger partial charge in [0, 0.05) is 43.0 Å². The highest BCUT2D eigenvalue weighted by molar-refractivity contribution is 6.31. The minimum atomic E-state index is -0.110. The summed E-state index contributed by atoms with van der Waals surface area (Å²) in [7, 11) is 0. The van der Waals surface area contributed by atoms with Gasteiger partial charge in [0.25, 0.3) is 5.91 Å². The zero-order valence-corrected chi connectivity index (χ0v) is 15.3. The molecule has 0 bridgehead atoms. The molecule has 1 aromatic carbocycles. The number of nitrogens with zero attached hydrogens (tertiary/aromatic N) is 2. The molecular weight excluding hydrogens is 350 g/mol. The van der Waals surface area contributed by atoms with E-state index in [0.717, 1.165) is 18.4 Å². The van der Waals surface area contributed by atoms with Gasteiger partial charge in [-0.25, -0.2) is 0 Å². The van der Waals surface area contributed by atoms with E-state index in [2.05, 4.69) is 10.3 Å². The lowest BCUT2D eigenvalue weighted by Crippen LogP contribution is -2.46. The minimum absolute atomic E-state index is 0.0929. The van der Waals surface area contributed by atoms with Crippen molar-refractivity contribution in [3.63, 3.8) is 0 Å². The highest BCUT2D eigenvalue weighted by atomic mass is 35.5. The van der Waals surface area contributed by atoms with Gasteiger partial charge in [-0.3, -0.25) is 14.6 Å². The minimum Gasteiger partial charge on any atom is -0.349 e. The number of rotatable bonds is 5. The third kappa shape index (κ3) is 4.82. The van der Waals surface area contributed by atoms with Gasteiger partial charge in [-0.2, -0.15) is 0 Å². The molecule has 0 unspecified atom stereocenters. The number of pyridine rings is 1. The topological polar surface area (TPSA) is 62.3 Å². The van der Waals surface area contributed by atoms with Crippen LogP contribution in [0.25, 0.3) is 0 Å². The number of aryl methyl sites for hydroxylation is 1. The lowest BCUT2D eigenvalue weighted by molar-refractivity contribution is -0.132. The van der Waals surface area contributed by atoms with Crippen molar-refractivity contribution in [2.24, 2.45) is 0 Å². The van der Waals surface area contributed by atoms with Crippen molar-refractivity contribution in [3.8, 4) is 0 Å². The van der Waals surface area contributed by atoms with E-state index in [-0.39, 0.29) is 17.9 Å². The molecule has 136 valence electrons. The average molecular weight is 372 g/mol. The molecule has 1 saturated heterocycles. The van der Waals surface area contributed by atoms with Crippen molar-refractivity contribution in [3.05, 3.63) is 64.9 Å². The van der Waals surface area contributed by atoms with Crippen LogP contribution in [-0.4, -0.2) is 40.8 Å². The van der Waals surface area contributed by atoms with E-state index < -0.39 is 0 Å². The molecule has 2 amide bonds. The summed E-state index contributed by atoms with van der Waals surface area (Å²) in [5.74, 6) is 0.0311. The fourth-order valence-electron chi connectivity index (χ4n) is 3.14. The van der Waals surface area contributed by atoms with Gasteiger partial charge in [0.05, 0.1) is 5.56 Å². The molecule has 1 aromatic heterocycles. The molecule has 0 spiro atoms. The second-order valence-electron chi connectivity index (χ2n) is 6.46. The number of nitrogens with one attached hydrogen (secondary N) is 1. The van der Waals surface area contributed by atoms with Crippen LogP contribution in [0, 0.1) is 0 Å². The van der Waals surface area contributed by atoms with Crippen molar-refractivity contribution in [2.75, 3.05) is 13.1 Å². The third-order valence-corrected chi connectivity index (χ3v) is 5.04. The molecule has 2 heterocycles. The second kappa shape index (κ2) is 8.81. The molecule has 1 aliphatic rings. The van der Waals surface area contributed by atoms with Crippen LogP contribution in [-0.2, 0) is 11.2 Å². The van der Waals surface area contributed by atoms with Crippen molar-refractivity contribution < 1.29 is 9.59 Å². The van der Waals surface area contributed by atoms with Crippen LogP contribution in [0.5, 0.6) is 0 Å². The van der Waals surface area contributed by atoms with Crippen molar-refractivity contribution in [1.29, 1.82) is 0 Å². The molecule has 0 aliphatic carbocycles. The highest BCUT2D eigenvalue weighted by Crippen LogP contribution is 2.18. The predicted octanol–water partition coefficient (Wildman–Crippen LogP) is 3.09. The third-order valence-electron chi connectivity index (χ3n) is 4.67. The Hall–Kier alpha value is -2.40. The van der Waals surface area contributed by atoms with Crippen LogP contribution in [0.1, 0.15) is 35.2 Å². The van der Waals surface area contributed by atoms with E-state index >= 15 is 0 Å². The number of hydrogen-bond acceptors (Lipinski definition) is 3. The van der Waals surface area contributed by atoms with Gasteiger partial charge in [0.15, 0.2) is 0 Å². The lowest BCUT2D eigenvalue weighted by Gasteiger charge is -2.32. The molecular formula is C20H22ClN3O2.